The number of nitrogens with zero attached hydrogens (tertiary/aromatic N) is 1. The van der Waals surface area contributed by atoms with Crippen LogP contribution in [0.4, 0.5) is 5.69 Å². The van der Waals surface area contributed by atoms with Crippen LogP contribution in [0.15, 0.2) is 64.2 Å². The fourth-order valence-electron chi connectivity index (χ4n) is 2.11. The molecule has 5 heteroatoms. The Morgan fingerprint density at radius 3 is 2.90 bits per heavy atom. The molecule has 0 aliphatic rings. The third-order valence-electron chi connectivity index (χ3n) is 3.12. The highest BCUT2D eigenvalue weighted by Gasteiger charge is 2.12. The van der Waals surface area contributed by atoms with Crippen LogP contribution in [0.25, 0.3) is 10.8 Å². The van der Waals surface area contributed by atoms with E-state index in [-0.39, 0.29) is 5.91 Å². The van der Waals surface area contributed by atoms with Crippen LogP contribution in [0.1, 0.15) is 10.4 Å². The van der Waals surface area contributed by atoms with Crippen molar-refractivity contribution >= 4 is 50.9 Å². The lowest BCUT2D eigenvalue weighted by Gasteiger charge is -2.10. The molecule has 104 valence electrons. The molecule has 1 aromatic heterocycles. The third kappa shape index (κ3) is 2.94. The normalized spacial score (nSPS) is 10.6. The van der Waals surface area contributed by atoms with Gasteiger partial charge in [0.05, 0.1) is 5.56 Å². The zero-order chi connectivity index (χ0) is 14.8. The minimum atomic E-state index is -0.179. The molecule has 0 saturated heterocycles. The molecule has 0 aliphatic carbocycles. The van der Waals surface area contributed by atoms with Crippen molar-refractivity contribution in [1.29, 1.82) is 0 Å². The van der Waals surface area contributed by atoms with E-state index in [1.807, 2.05) is 36.4 Å². The van der Waals surface area contributed by atoms with Gasteiger partial charge in [0.25, 0.3) is 5.91 Å². The number of hydrogen-bond acceptors (Lipinski definition) is 3. The quantitative estimate of drug-likeness (QED) is 0.660. The number of halogens is 1. The van der Waals surface area contributed by atoms with E-state index in [4.69, 9.17) is 0 Å². The maximum absolute atomic E-state index is 12.4. The van der Waals surface area contributed by atoms with Crippen LogP contribution in [0, 0.1) is 0 Å². The number of aromatic nitrogens is 1. The molecule has 3 aromatic rings. The van der Waals surface area contributed by atoms with Crippen LogP contribution in [-0.2, 0) is 0 Å². The summed E-state index contributed by atoms with van der Waals surface area (Å²) in [6.07, 6.45) is 3.48. The second-order valence-corrected chi connectivity index (χ2v) is 5.89. The van der Waals surface area contributed by atoms with Gasteiger partial charge in [-0.05, 0) is 46.3 Å². The van der Waals surface area contributed by atoms with E-state index in [9.17, 15) is 4.79 Å². The molecule has 0 bridgehead atoms. The number of anilines is 1. The highest BCUT2D eigenvalue weighted by atomic mass is 79.9. The van der Waals surface area contributed by atoms with Crippen LogP contribution in [-0.4, -0.2) is 10.9 Å². The van der Waals surface area contributed by atoms with E-state index < -0.39 is 0 Å². The number of amides is 1. The number of pyridine rings is 1. The predicted octanol–water partition coefficient (Wildman–Crippen LogP) is 4.54. The van der Waals surface area contributed by atoms with Crippen molar-refractivity contribution < 1.29 is 4.79 Å². The van der Waals surface area contributed by atoms with Crippen LogP contribution in [0.2, 0.25) is 0 Å². The zero-order valence-electron chi connectivity index (χ0n) is 10.9. The second kappa shape index (κ2) is 5.87. The molecule has 0 saturated carbocycles. The average molecular weight is 359 g/mol. The van der Waals surface area contributed by atoms with Crippen LogP contribution in [0.5, 0.6) is 0 Å². The summed E-state index contributed by atoms with van der Waals surface area (Å²) in [4.78, 5) is 17.3. The molecule has 0 radical (unpaired) electrons. The number of nitrogens with one attached hydrogen (secondary N) is 1. The molecule has 1 heterocycles. The van der Waals surface area contributed by atoms with Gasteiger partial charge in [-0.2, -0.15) is 0 Å². The van der Waals surface area contributed by atoms with Crippen LogP contribution >= 0.6 is 28.6 Å². The molecule has 3 nitrogen and oxygen atoms in total. The minimum Gasteiger partial charge on any atom is -0.321 e. The summed E-state index contributed by atoms with van der Waals surface area (Å²) in [6.45, 7) is 0. The lowest BCUT2D eigenvalue weighted by Crippen LogP contribution is -2.12. The highest BCUT2D eigenvalue weighted by Crippen LogP contribution is 2.25. The first-order valence-electron chi connectivity index (χ1n) is 6.28. The fourth-order valence-corrected chi connectivity index (χ4v) is 2.74. The van der Waals surface area contributed by atoms with Crippen molar-refractivity contribution in [3.8, 4) is 0 Å². The van der Waals surface area contributed by atoms with E-state index in [0.29, 0.717) is 5.56 Å². The second-order valence-electron chi connectivity index (χ2n) is 4.52. The van der Waals surface area contributed by atoms with Gasteiger partial charge in [-0.1, -0.05) is 12.1 Å². The van der Waals surface area contributed by atoms with Crippen molar-refractivity contribution in [1.82, 2.24) is 4.98 Å². The maximum atomic E-state index is 12.4. The molecule has 0 unspecified atom stereocenters. The van der Waals surface area contributed by atoms with Crippen LogP contribution in [0.3, 0.4) is 0 Å². The van der Waals surface area contributed by atoms with Gasteiger partial charge in [-0.3, -0.25) is 9.78 Å². The van der Waals surface area contributed by atoms with Gasteiger partial charge in [0.15, 0.2) is 0 Å². The molecule has 2 aromatic carbocycles. The molecule has 3 rings (SSSR count). The summed E-state index contributed by atoms with van der Waals surface area (Å²) in [6, 6.07) is 13.0. The summed E-state index contributed by atoms with van der Waals surface area (Å²) in [5.74, 6) is -0.179. The van der Waals surface area contributed by atoms with Gasteiger partial charge in [0.1, 0.15) is 0 Å². The average Bonchev–Trinajstić information content (AvgIpc) is 2.50. The Balaban J connectivity index is 1.99. The number of carbonyl (C=O) groups excluding carboxylic acids is 1. The van der Waals surface area contributed by atoms with Gasteiger partial charge >= 0.3 is 0 Å². The standard InChI is InChI=1S/C16H11BrN2OS/c17-14-5-4-11(21)8-13(14)16(20)19-15-3-1-2-10-9-18-7-6-12(10)15/h1-9,21H,(H,19,20). The van der Waals surface area contributed by atoms with Gasteiger partial charge in [0, 0.05) is 38.2 Å². The molecule has 0 spiro atoms. The molecule has 0 aliphatic heterocycles. The summed E-state index contributed by atoms with van der Waals surface area (Å²) < 4.78 is 0.736. The number of fused-ring (bicyclic) bond motifs is 1. The Bertz CT molecular complexity index is 830. The fraction of sp³-hybridized carbons (Fsp3) is 0. The molecule has 21 heavy (non-hydrogen) atoms. The predicted molar refractivity (Wildman–Crippen MR) is 91.1 cm³/mol. The number of benzene rings is 2. The molecule has 0 fully saturated rings. The minimum absolute atomic E-state index is 0.179. The summed E-state index contributed by atoms with van der Waals surface area (Å²) in [5.41, 5.74) is 1.31. The molecule has 1 N–H and O–H groups in total. The first kappa shape index (κ1) is 14.1. The van der Waals surface area contributed by atoms with Gasteiger partial charge < -0.3 is 5.32 Å². The lowest BCUT2D eigenvalue weighted by molar-refractivity contribution is 0.102. The van der Waals surface area contributed by atoms with Crippen molar-refractivity contribution in [2.75, 3.05) is 5.32 Å². The Labute approximate surface area is 135 Å². The van der Waals surface area contributed by atoms with E-state index in [0.717, 1.165) is 25.8 Å². The first-order chi connectivity index (χ1) is 10.1. The number of rotatable bonds is 2. The molecular weight excluding hydrogens is 348 g/mol. The first-order valence-corrected chi connectivity index (χ1v) is 7.52. The van der Waals surface area contributed by atoms with E-state index >= 15 is 0 Å². The highest BCUT2D eigenvalue weighted by molar-refractivity contribution is 9.10. The monoisotopic (exact) mass is 358 g/mol. The van der Waals surface area contributed by atoms with Gasteiger partial charge in [-0.25, -0.2) is 0 Å². The molecule has 1 amide bonds. The summed E-state index contributed by atoms with van der Waals surface area (Å²) in [5, 5.41) is 4.88. The van der Waals surface area contributed by atoms with Crippen LogP contribution < -0.4 is 5.32 Å². The largest absolute Gasteiger partial charge is 0.321 e. The van der Waals surface area contributed by atoms with Gasteiger partial charge in [0.2, 0.25) is 0 Å². The number of hydrogen-bond donors (Lipinski definition) is 2. The number of carbonyl (C=O) groups is 1. The smallest absolute Gasteiger partial charge is 0.256 e. The third-order valence-corrected chi connectivity index (χ3v) is 4.09. The Kier molecular flexibility index (Phi) is 3.94. The Morgan fingerprint density at radius 1 is 1.19 bits per heavy atom. The topological polar surface area (TPSA) is 42.0 Å². The zero-order valence-corrected chi connectivity index (χ0v) is 13.4. The summed E-state index contributed by atoms with van der Waals surface area (Å²) >= 11 is 7.66. The van der Waals surface area contributed by atoms with Gasteiger partial charge in [-0.15, -0.1) is 12.6 Å². The van der Waals surface area contributed by atoms with Crippen molar-refractivity contribution in [3.63, 3.8) is 0 Å². The van der Waals surface area contributed by atoms with E-state index in [1.54, 1.807) is 18.5 Å². The van der Waals surface area contributed by atoms with Crippen molar-refractivity contribution in [2.45, 2.75) is 4.90 Å². The van der Waals surface area contributed by atoms with E-state index in [2.05, 4.69) is 38.9 Å². The molecular formula is C16H11BrN2OS. The summed E-state index contributed by atoms with van der Waals surface area (Å²) in [7, 11) is 0. The molecule has 0 atom stereocenters. The van der Waals surface area contributed by atoms with Crippen molar-refractivity contribution in [2.24, 2.45) is 0 Å². The maximum Gasteiger partial charge on any atom is 0.256 e. The Hall–Kier alpha value is -1.85. The van der Waals surface area contributed by atoms with Crippen molar-refractivity contribution in [3.05, 3.63) is 64.9 Å². The SMILES string of the molecule is O=C(Nc1cccc2cnccc12)c1cc(S)ccc1Br. The van der Waals surface area contributed by atoms with E-state index in [1.165, 1.54) is 0 Å². The Morgan fingerprint density at radius 2 is 2.05 bits per heavy atom. The number of thiol groups is 1. The lowest BCUT2D eigenvalue weighted by atomic mass is 10.1.